The number of aromatic nitrogens is 2. The molecule has 0 aliphatic heterocycles. The SMILES string of the molecule is Cc1cc(C)cc(NC(=O)Nc2c(C)n(C)n(-c3ccccc3)c2=O)c1. The van der Waals surface area contributed by atoms with Crippen LogP contribution in [-0.4, -0.2) is 15.4 Å². The number of anilines is 2. The van der Waals surface area contributed by atoms with Crippen LogP contribution in [-0.2, 0) is 7.05 Å². The highest BCUT2D eigenvalue weighted by Crippen LogP contribution is 2.16. The first-order valence-corrected chi connectivity index (χ1v) is 8.37. The van der Waals surface area contributed by atoms with Crippen molar-refractivity contribution in [2.24, 2.45) is 7.05 Å². The molecule has 0 atom stereocenters. The first-order valence-electron chi connectivity index (χ1n) is 8.37. The van der Waals surface area contributed by atoms with E-state index in [1.807, 2.05) is 62.4 Å². The van der Waals surface area contributed by atoms with Gasteiger partial charge in [-0.05, 0) is 56.2 Å². The molecule has 6 nitrogen and oxygen atoms in total. The van der Waals surface area contributed by atoms with Crippen molar-refractivity contribution in [2.45, 2.75) is 20.8 Å². The van der Waals surface area contributed by atoms with E-state index in [0.29, 0.717) is 11.4 Å². The summed E-state index contributed by atoms with van der Waals surface area (Å²) in [4.78, 5) is 25.2. The van der Waals surface area contributed by atoms with Gasteiger partial charge in [0.1, 0.15) is 5.69 Å². The van der Waals surface area contributed by atoms with Crippen LogP contribution >= 0.6 is 0 Å². The van der Waals surface area contributed by atoms with Crippen LogP contribution in [0.1, 0.15) is 16.8 Å². The molecule has 1 aromatic heterocycles. The summed E-state index contributed by atoms with van der Waals surface area (Å²) in [5, 5.41) is 5.48. The van der Waals surface area contributed by atoms with Crippen molar-refractivity contribution in [3.63, 3.8) is 0 Å². The Hall–Kier alpha value is -3.28. The van der Waals surface area contributed by atoms with Gasteiger partial charge in [-0.1, -0.05) is 24.3 Å². The largest absolute Gasteiger partial charge is 0.323 e. The van der Waals surface area contributed by atoms with Gasteiger partial charge in [0.2, 0.25) is 0 Å². The number of urea groups is 1. The summed E-state index contributed by atoms with van der Waals surface area (Å²) in [7, 11) is 1.79. The van der Waals surface area contributed by atoms with Crippen molar-refractivity contribution in [2.75, 3.05) is 10.6 Å². The van der Waals surface area contributed by atoms with Crippen molar-refractivity contribution in [1.29, 1.82) is 0 Å². The first-order chi connectivity index (χ1) is 12.4. The number of carbonyl (C=O) groups excluding carboxylic acids is 1. The second-order valence-corrected chi connectivity index (χ2v) is 6.39. The lowest BCUT2D eigenvalue weighted by molar-refractivity contribution is 0.262. The molecule has 0 fully saturated rings. The van der Waals surface area contributed by atoms with Gasteiger partial charge < -0.3 is 10.6 Å². The van der Waals surface area contributed by atoms with Crippen molar-refractivity contribution in [3.8, 4) is 5.69 Å². The van der Waals surface area contributed by atoms with E-state index in [9.17, 15) is 9.59 Å². The van der Waals surface area contributed by atoms with Crippen LogP contribution in [0, 0.1) is 20.8 Å². The lowest BCUT2D eigenvalue weighted by Gasteiger charge is -2.08. The molecule has 2 N–H and O–H groups in total. The summed E-state index contributed by atoms with van der Waals surface area (Å²) in [6.45, 7) is 5.74. The molecule has 0 aliphatic carbocycles. The number of nitrogens with zero attached hydrogens (tertiary/aromatic N) is 2. The van der Waals surface area contributed by atoms with Crippen molar-refractivity contribution < 1.29 is 4.79 Å². The second kappa shape index (κ2) is 6.92. The first kappa shape index (κ1) is 17.5. The predicted octanol–water partition coefficient (Wildman–Crippen LogP) is 3.75. The number of aryl methyl sites for hydroxylation is 2. The summed E-state index contributed by atoms with van der Waals surface area (Å²) >= 11 is 0. The van der Waals surface area contributed by atoms with E-state index in [1.54, 1.807) is 18.7 Å². The fourth-order valence-electron chi connectivity index (χ4n) is 3.03. The average Bonchev–Trinajstić information content (AvgIpc) is 2.78. The standard InChI is InChI=1S/C20H22N4O2/c1-13-10-14(2)12-16(11-13)21-20(26)22-18-15(3)23(4)24(19(18)25)17-8-6-5-7-9-17/h5-12H,1-4H3,(H2,21,22,26). The van der Waals surface area contributed by atoms with Gasteiger partial charge in [0.25, 0.3) is 5.56 Å². The number of amides is 2. The Morgan fingerprint density at radius 1 is 0.923 bits per heavy atom. The number of hydrogen-bond donors (Lipinski definition) is 2. The zero-order chi connectivity index (χ0) is 18.8. The molecule has 2 amide bonds. The number of benzene rings is 2. The van der Waals surface area contributed by atoms with E-state index in [-0.39, 0.29) is 11.2 Å². The maximum absolute atomic E-state index is 12.8. The summed E-state index contributed by atoms with van der Waals surface area (Å²) in [5.41, 5.74) is 4.22. The van der Waals surface area contributed by atoms with Crippen LogP contribution in [0.25, 0.3) is 5.69 Å². The zero-order valence-corrected chi connectivity index (χ0v) is 15.3. The molecule has 0 saturated carbocycles. The van der Waals surface area contributed by atoms with E-state index in [4.69, 9.17) is 0 Å². The fraction of sp³-hybridized carbons (Fsp3) is 0.200. The number of carbonyl (C=O) groups is 1. The van der Waals surface area contributed by atoms with E-state index in [2.05, 4.69) is 10.6 Å². The lowest BCUT2D eigenvalue weighted by Crippen LogP contribution is -2.25. The van der Waals surface area contributed by atoms with Crippen molar-refractivity contribution >= 4 is 17.4 Å². The number of rotatable bonds is 3. The van der Waals surface area contributed by atoms with Crippen molar-refractivity contribution in [1.82, 2.24) is 9.36 Å². The van der Waals surface area contributed by atoms with Crippen LogP contribution in [0.15, 0.2) is 53.3 Å². The van der Waals surface area contributed by atoms with Gasteiger partial charge in [-0.3, -0.25) is 9.48 Å². The molecule has 0 aliphatic rings. The van der Waals surface area contributed by atoms with Crippen LogP contribution in [0.4, 0.5) is 16.2 Å². The minimum atomic E-state index is -0.444. The van der Waals surface area contributed by atoms with E-state index in [1.165, 1.54) is 4.68 Å². The Morgan fingerprint density at radius 2 is 1.54 bits per heavy atom. The second-order valence-electron chi connectivity index (χ2n) is 6.39. The highest BCUT2D eigenvalue weighted by molar-refractivity contribution is 6.00. The fourth-order valence-corrected chi connectivity index (χ4v) is 3.03. The predicted molar refractivity (Wildman–Crippen MR) is 104 cm³/mol. The minimum Gasteiger partial charge on any atom is -0.308 e. The quantitative estimate of drug-likeness (QED) is 0.755. The molecule has 0 saturated heterocycles. The molecule has 1 heterocycles. The summed E-state index contributed by atoms with van der Waals surface area (Å²) in [5.74, 6) is 0. The minimum absolute atomic E-state index is 0.262. The van der Waals surface area contributed by atoms with E-state index >= 15 is 0 Å². The number of nitrogens with one attached hydrogen (secondary N) is 2. The maximum Gasteiger partial charge on any atom is 0.323 e. The normalized spacial score (nSPS) is 10.6. The Labute approximate surface area is 152 Å². The number of hydrogen-bond acceptors (Lipinski definition) is 2. The Bertz CT molecular complexity index is 996. The van der Waals surface area contributed by atoms with Crippen LogP contribution in [0.2, 0.25) is 0 Å². The molecule has 3 rings (SSSR count). The molecule has 6 heteroatoms. The van der Waals surface area contributed by atoms with E-state index < -0.39 is 6.03 Å². The van der Waals surface area contributed by atoms with Crippen LogP contribution in [0.3, 0.4) is 0 Å². The zero-order valence-electron chi connectivity index (χ0n) is 15.3. The molecule has 134 valence electrons. The molecular formula is C20H22N4O2. The lowest BCUT2D eigenvalue weighted by atomic mass is 10.1. The molecule has 26 heavy (non-hydrogen) atoms. The van der Waals surface area contributed by atoms with Gasteiger partial charge in [0.05, 0.1) is 11.4 Å². The van der Waals surface area contributed by atoms with Gasteiger partial charge in [0.15, 0.2) is 0 Å². The Morgan fingerprint density at radius 3 is 2.15 bits per heavy atom. The third-order valence-corrected chi connectivity index (χ3v) is 4.27. The number of para-hydroxylation sites is 1. The summed E-state index contributed by atoms with van der Waals surface area (Å²) in [6.07, 6.45) is 0. The van der Waals surface area contributed by atoms with Crippen LogP contribution in [0.5, 0.6) is 0 Å². The smallest absolute Gasteiger partial charge is 0.308 e. The molecule has 0 radical (unpaired) electrons. The Kier molecular flexibility index (Phi) is 4.67. The highest BCUT2D eigenvalue weighted by Gasteiger charge is 2.18. The van der Waals surface area contributed by atoms with Gasteiger partial charge >= 0.3 is 6.03 Å². The Balaban J connectivity index is 1.88. The molecule has 2 aromatic carbocycles. The summed E-state index contributed by atoms with van der Waals surface area (Å²) in [6, 6.07) is 14.7. The average molecular weight is 350 g/mol. The van der Waals surface area contributed by atoms with Gasteiger partial charge in [-0.25, -0.2) is 9.48 Å². The van der Waals surface area contributed by atoms with Gasteiger partial charge in [-0.2, -0.15) is 0 Å². The molecule has 0 bridgehead atoms. The third kappa shape index (κ3) is 3.39. The van der Waals surface area contributed by atoms with Gasteiger partial charge in [0, 0.05) is 12.7 Å². The molecule has 3 aromatic rings. The highest BCUT2D eigenvalue weighted by atomic mass is 16.2. The maximum atomic E-state index is 12.8. The van der Waals surface area contributed by atoms with Crippen LogP contribution < -0.4 is 16.2 Å². The molecular weight excluding hydrogens is 328 g/mol. The topological polar surface area (TPSA) is 68.1 Å². The molecule has 0 unspecified atom stereocenters. The van der Waals surface area contributed by atoms with Gasteiger partial charge in [-0.15, -0.1) is 0 Å². The van der Waals surface area contributed by atoms with Crippen molar-refractivity contribution in [3.05, 3.63) is 75.7 Å². The third-order valence-electron chi connectivity index (χ3n) is 4.27. The van der Waals surface area contributed by atoms with E-state index in [0.717, 1.165) is 16.8 Å². The summed E-state index contributed by atoms with van der Waals surface area (Å²) < 4.78 is 3.26. The monoisotopic (exact) mass is 350 g/mol. The molecule has 0 spiro atoms.